The monoisotopic (exact) mass is 487 g/mol. The second-order valence-corrected chi connectivity index (χ2v) is 9.20. The number of nitrogens with zero attached hydrogens (tertiary/aromatic N) is 7. The van der Waals surface area contributed by atoms with Crippen LogP contribution in [0.5, 0.6) is 0 Å². The largest absolute Gasteiger partial charge is 0.384 e. The van der Waals surface area contributed by atoms with Crippen LogP contribution in [0.25, 0.3) is 16.8 Å². The highest BCUT2D eigenvalue weighted by Crippen LogP contribution is 2.40. The Bertz CT molecular complexity index is 1390. The number of anilines is 1. The Balaban J connectivity index is 1.36. The Morgan fingerprint density at radius 2 is 2.17 bits per heavy atom. The maximum absolute atomic E-state index is 12.8. The van der Waals surface area contributed by atoms with E-state index >= 15 is 0 Å². The highest BCUT2D eigenvalue weighted by molar-refractivity contribution is 5.91. The van der Waals surface area contributed by atoms with Gasteiger partial charge >= 0.3 is 0 Å². The van der Waals surface area contributed by atoms with Gasteiger partial charge in [0, 0.05) is 41.3 Å². The summed E-state index contributed by atoms with van der Waals surface area (Å²) in [6, 6.07) is 5.50. The number of aliphatic hydroxyl groups is 1. The van der Waals surface area contributed by atoms with Gasteiger partial charge in [-0.3, -0.25) is 14.9 Å². The molecule has 1 saturated carbocycles. The number of allylic oxidation sites excluding steroid dienone is 1. The number of carbonyl (C=O) groups is 1. The number of nitrogen functional groups attached to an aromatic ring is 1. The van der Waals surface area contributed by atoms with E-state index in [1.54, 1.807) is 28.0 Å². The molecule has 11 heteroatoms. The smallest absolute Gasteiger partial charge is 0.295 e. The molecule has 0 unspecified atom stereocenters. The third-order valence-electron chi connectivity index (χ3n) is 6.74. The van der Waals surface area contributed by atoms with Crippen LogP contribution in [-0.4, -0.2) is 56.7 Å². The van der Waals surface area contributed by atoms with Crippen LogP contribution in [0.3, 0.4) is 0 Å². The summed E-state index contributed by atoms with van der Waals surface area (Å²) in [5.41, 5.74) is 9.29. The molecule has 4 aromatic rings. The molecule has 1 atom stereocenters. The summed E-state index contributed by atoms with van der Waals surface area (Å²) in [5, 5.41) is 21.4. The second-order valence-electron chi connectivity index (χ2n) is 9.20. The molecule has 5 rings (SSSR count). The van der Waals surface area contributed by atoms with Crippen molar-refractivity contribution in [3.05, 3.63) is 66.4 Å². The normalized spacial score (nSPS) is 15.8. The molecule has 0 saturated heterocycles. The molecule has 0 bridgehead atoms. The van der Waals surface area contributed by atoms with Crippen LogP contribution < -0.4 is 5.73 Å². The number of rotatable bonds is 8. The number of nitrogens with one attached hydrogen (secondary N) is 1. The van der Waals surface area contributed by atoms with E-state index < -0.39 is 5.60 Å². The van der Waals surface area contributed by atoms with Crippen molar-refractivity contribution in [2.45, 2.75) is 57.6 Å². The molecule has 1 aliphatic rings. The fraction of sp³-hybridized carbons (Fsp3) is 0.360. The zero-order chi connectivity index (χ0) is 25.3. The summed E-state index contributed by atoms with van der Waals surface area (Å²) < 4.78 is 1.61. The van der Waals surface area contributed by atoms with E-state index in [1.165, 1.54) is 6.33 Å². The number of nitrogens with two attached hydrogens (primary N) is 1. The van der Waals surface area contributed by atoms with Crippen molar-refractivity contribution in [3.8, 4) is 11.1 Å². The molecule has 1 amide bonds. The van der Waals surface area contributed by atoms with Crippen LogP contribution in [-0.2, 0) is 12.0 Å². The summed E-state index contributed by atoms with van der Waals surface area (Å²) in [5.74, 6) is 0.420. The number of fused-ring (bicyclic) bond motifs is 1. The van der Waals surface area contributed by atoms with Crippen LogP contribution in [0, 0.1) is 0 Å². The van der Waals surface area contributed by atoms with E-state index in [9.17, 15) is 9.90 Å². The van der Waals surface area contributed by atoms with E-state index in [1.807, 2.05) is 38.1 Å². The minimum atomic E-state index is -0.804. The van der Waals surface area contributed by atoms with E-state index in [0.29, 0.717) is 30.0 Å². The highest BCUT2D eigenvalue weighted by Gasteiger charge is 2.37. The summed E-state index contributed by atoms with van der Waals surface area (Å²) in [4.78, 5) is 27.8. The van der Waals surface area contributed by atoms with Crippen LogP contribution in [0.15, 0.2) is 49.2 Å². The molecule has 4 heterocycles. The van der Waals surface area contributed by atoms with Crippen LogP contribution in [0.1, 0.15) is 61.5 Å². The lowest BCUT2D eigenvalue weighted by molar-refractivity contribution is -0.0426. The maximum Gasteiger partial charge on any atom is 0.295 e. The van der Waals surface area contributed by atoms with Crippen LogP contribution >= 0.6 is 0 Å². The molecule has 4 N–H and O–H groups in total. The summed E-state index contributed by atoms with van der Waals surface area (Å²) in [6.45, 7) is 3.84. The molecule has 186 valence electrons. The minimum absolute atomic E-state index is 0.114. The first-order chi connectivity index (χ1) is 17.4. The Morgan fingerprint density at radius 3 is 2.81 bits per heavy atom. The average molecular weight is 488 g/mol. The van der Waals surface area contributed by atoms with Gasteiger partial charge in [-0.2, -0.15) is 14.7 Å². The molecular formula is C25H29N9O2. The van der Waals surface area contributed by atoms with Crippen molar-refractivity contribution in [2.75, 3.05) is 5.73 Å². The van der Waals surface area contributed by atoms with Crippen molar-refractivity contribution in [1.82, 2.24) is 39.7 Å². The highest BCUT2D eigenvalue weighted by atomic mass is 16.3. The number of hydrogen-bond acceptors (Lipinski definition) is 8. The number of pyridine rings is 1. The van der Waals surface area contributed by atoms with Gasteiger partial charge in [0.1, 0.15) is 17.7 Å². The number of aromatic nitrogens is 7. The van der Waals surface area contributed by atoms with E-state index in [4.69, 9.17) is 10.7 Å². The van der Waals surface area contributed by atoms with Gasteiger partial charge in [-0.1, -0.05) is 12.1 Å². The predicted molar refractivity (Wildman–Crippen MR) is 134 cm³/mol. The Labute approximate surface area is 208 Å². The van der Waals surface area contributed by atoms with Crippen LogP contribution in [0.4, 0.5) is 5.82 Å². The Morgan fingerprint density at radius 1 is 1.33 bits per heavy atom. The minimum Gasteiger partial charge on any atom is -0.384 e. The SMILES string of the molecule is C/C=C\N(C(=O)c1ncn[nH]1)[C@H](C)CCc1cc(N)n2ncc(-c3ccc(C4(O)CCC4)nc3)c2n1. The summed E-state index contributed by atoms with van der Waals surface area (Å²) in [7, 11) is 0. The Kier molecular flexibility index (Phi) is 6.23. The van der Waals surface area contributed by atoms with Crippen molar-refractivity contribution in [1.29, 1.82) is 0 Å². The number of aromatic amines is 1. The number of aryl methyl sites for hydroxylation is 1. The fourth-order valence-electron chi connectivity index (χ4n) is 4.47. The molecule has 1 aliphatic carbocycles. The van der Waals surface area contributed by atoms with Gasteiger partial charge in [0.15, 0.2) is 5.65 Å². The van der Waals surface area contributed by atoms with Gasteiger partial charge in [-0.15, -0.1) is 0 Å². The first-order valence-electron chi connectivity index (χ1n) is 12.0. The first-order valence-corrected chi connectivity index (χ1v) is 12.0. The van der Waals surface area contributed by atoms with Gasteiger partial charge in [-0.25, -0.2) is 9.97 Å². The predicted octanol–water partition coefficient (Wildman–Crippen LogP) is 2.86. The lowest BCUT2D eigenvalue weighted by Crippen LogP contribution is -2.35. The van der Waals surface area contributed by atoms with E-state index in [0.717, 1.165) is 36.1 Å². The number of amides is 1. The summed E-state index contributed by atoms with van der Waals surface area (Å²) in [6.07, 6.45) is 12.1. The topological polar surface area (TPSA) is 151 Å². The average Bonchev–Trinajstić information content (AvgIpc) is 3.55. The number of hydrogen-bond donors (Lipinski definition) is 3. The van der Waals surface area contributed by atoms with Gasteiger partial charge in [-0.05, 0) is 52.0 Å². The maximum atomic E-state index is 12.8. The molecule has 4 aromatic heterocycles. The zero-order valence-electron chi connectivity index (χ0n) is 20.3. The molecule has 11 nitrogen and oxygen atoms in total. The summed E-state index contributed by atoms with van der Waals surface area (Å²) >= 11 is 0. The lowest BCUT2D eigenvalue weighted by Gasteiger charge is -2.35. The molecule has 0 spiro atoms. The van der Waals surface area contributed by atoms with Crippen molar-refractivity contribution in [2.24, 2.45) is 0 Å². The molecule has 0 aliphatic heterocycles. The molecular weight excluding hydrogens is 458 g/mol. The van der Waals surface area contributed by atoms with E-state index in [2.05, 4.69) is 25.3 Å². The molecule has 0 radical (unpaired) electrons. The molecule has 36 heavy (non-hydrogen) atoms. The van der Waals surface area contributed by atoms with Crippen molar-refractivity contribution in [3.63, 3.8) is 0 Å². The van der Waals surface area contributed by atoms with Gasteiger partial charge in [0.05, 0.1) is 11.9 Å². The lowest BCUT2D eigenvalue weighted by atomic mass is 9.77. The first kappa shape index (κ1) is 23.6. The van der Waals surface area contributed by atoms with Crippen molar-refractivity contribution < 1.29 is 9.90 Å². The number of carbonyl (C=O) groups excluding carboxylic acids is 1. The standard InChI is InChI=1S/C25H29N9O2/c1-3-11-33(24(35)22-28-15-29-32-22)16(2)5-7-18-12-21(26)34-23(31-18)19(14-30-34)17-6-8-20(27-13-17)25(36)9-4-10-25/h3,6,8,11-16,36H,4-5,7,9-10,26H2,1-2H3,(H,28,29,32)/b11-3-/t16-/m1/s1. The van der Waals surface area contributed by atoms with Crippen LogP contribution in [0.2, 0.25) is 0 Å². The Hall–Kier alpha value is -4.12. The van der Waals surface area contributed by atoms with Crippen molar-refractivity contribution >= 4 is 17.4 Å². The van der Waals surface area contributed by atoms with Gasteiger partial charge in [0.2, 0.25) is 5.82 Å². The third kappa shape index (κ3) is 4.33. The second kappa shape index (κ2) is 9.50. The zero-order valence-corrected chi connectivity index (χ0v) is 20.3. The fourth-order valence-corrected chi connectivity index (χ4v) is 4.47. The quantitative estimate of drug-likeness (QED) is 0.343. The molecule has 0 aromatic carbocycles. The number of H-pyrrole nitrogens is 1. The van der Waals surface area contributed by atoms with E-state index in [-0.39, 0.29) is 17.8 Å². The third-order valence-corrected chi connectivity index (χ3v) is 6.74. The van der Waals surface area contributed by atoms with Gasteiger partial charge < -0.3 is 15.7 Å². The van der Waals surface area contributed by atoms with Gasteiger partial charge in [0.25, 0.3) is 5.91 Å². The molecule has 1 fully saturated rings.